The third-order valence-corrected chi connectivity index (χ3v) is 6.76. The predicted octanol–water partition coefficient (Wildman–Crippen LogP) is 4.92. The van der Waals surface area contributed by atoms with Crippen molar-refractivity contribution in [2.24, 2.45) is 0 Å². The largest absolute Gasteiger partial charge is 0.485 e. The van der Waals surface area contributed by atoms with E-state index in [0.717, 1.165) is 16.7 Å². The first kappa shape index (κ1) is 27.7. The molecule has 8 heteroatoms. The summed E-state index contributed by atoms with van der Waals surface area (Å²) in [5.41, 5.74) is 3.10. The van der Waals surface area contributed by atoms with Crippen LogP contribution < -0.4 is 19.5 Å². The van der Waals surface area contributed by atoms with Crippen molar-refractivity contribution in [2.45, 2.75) is 25.9 Å². The number of nitrogens with one attached hydrogen (secondary N) is 1. The average molecular weight is 553 g/mol. The molecule has 0 spiro atoms. The lowest BCUT2D eigenvalue weighted by atomic mass is 10.1. The van der Waals surface area contributed by atoms with Crippen molar-refractivity contribution in [3.05, 3.63) is 125 Å². The van der Waals surface area contributed by atoms with Crippen LogP contribution in [0, 0.1) is 0 Å². The Bertz CT molecular complexity index is 1380. The molecule has 0 bridgehead atoms. The molecule has 0 saturated carbocycles. The van der Waals surface area contributed by atoms with Gasteiger partial charge in [-0.05, 0) is 28.8 Å². The van der Waals surface area contributed by atoms with Gasteiger partial charge in [0.1, 0.15) is 25.9 Å². The molecule has 1 atom stereocenters. The van der Waals surface area contributed by atoms with E-state index < -0.39 is 17.9 Å². The molecular formula is C33H32N2O6. The number of carboxylic acid groups (broad SMARTS) is 1. The second-order valence-electron chi connectivity index (χ2n) is 9.68. The van der Waals surface area contributed by atoms with Crippen molar-refractivity contribution in [3.8, 4) is 17.2 Å². The maximum atomic E-state index is 13.7. The number of carbonyl (C=O) groups excluding carboxylic acids is 1. The van der Waals surface area contributed by atoms with Crippen LogP contribution >= 0.6 is 0 Å². The van der Waals surface area contributed by atoms with Crippen LogP contribution in [0.5, 0.6) is 17.2 Å². The van der Waals surface area contributed by atoms with E-state index >= 15 is 0 Å². The molecule has 1 unspecified atom stereocenters. The fraction of sp³-hybridized carbons (Fsp3) is 0.212. The Morgan fingerprint density at radius 3 is 1.66 bits per heavy atom. The third kappa shape index (κ3) is 7.23. The lowest BCUT2D eigenvalue weighted by Gasteiger charge is -2.33. The van der Waals surface area contributed by atoms with E-state index in [0.29, 0.717) is 23.8 Å². The summed E-state index contributed by atoms with van der Waals surface area (Å²) >= 11 is 0. The fourth-order valence-electron chi connectivity index (χ4n) is 4.59. The quantitative estimate of drug-likeness (QED) is 0.273. The molecule has 4 aromatic rings. The molecule has 41 heavy (non-hydrogen) atoms. The molecule has 1 amide bonds. The summed E-state index contributed by atoms with van der Waals surface area (Å²) in [6.45, 7) is 1.68. The Labute approximate surface area is 239 Å². The van der Waals surface area contributed by atoms with Crippen molar-refractivity contribution in [2.75, 3.05) is 19.6 Å². The van der Waals surface area contributed by atoms with Crippen LogP contribution in [0.4, 0.5) is 0 Å². The van der Waals surface area contributed by atoms with Gasteiger partial charge in [-0.15, -0.1) is 0 Å². The van der Waals surface area contributed by atoms with Crippen molar-refractivity contribution in [1.29, 1.82) is 0 Å². The zero-order valence-electron chi connectivity index (χ0n) is 22.6. The van der Waals surface area contributed by atoms with Gasteiger partial charge in [-0.2, -0.15) is 0 Å². The second kappa shape index (κ2) is 13.5. The lowest BCUT2D eigenvalue weighted by Crippen LogP contribution is -2.56. The lowest BCUT2D eigenvalue weighted by molar-refractivity contribution is -0.142. The number of carboxylic acids is 1. The normalized spacial score (nSPS) is 14.7. The van der Waals surface area contributed by atoms with Gasteiger partial charge in [0, 0.05) is 25.2 Å². The summed E-state index contributed by atoms with van der Waals surface area (Å²) in [7, 11) is 0. The van der Waals surface area contributed by atoms with Crippen LogP contribution in [-0.2, 0) is 24.6 Å². The number of rotatable bonds is 11. The Hall–Kier alpha value is -4.82. The first-order chi connectivity index (χ1) is 20.1. The topological polar surface area (TPSA) is 97.3 Å². The smallest absolute Gasteiger partial charge is 0.327 e. The number of hydrogen-bond donors (Lipinski definition) is 2. The van der Waals surface area contributed by atoms with Gasteiger partial charge < -0.3 is 29.5 Å². The van der Waals surface area contributed by atoms with Crippen LogP contribution in [0.25, 0.3) is 0 Å². The highest BCUT2D eigenvalue weighted by atomic mass is 16.5. The summed E-state index contributed by atoms with van der Waals surface area (Å²) in [5.74, 6) is -0.439. The van der Waals surface area contributed by atoms with Gasteiger partial charge in [0.2, 0.25) is 5.75 Å². The minimum atomic E-state index is -1.06. The van der Waals surface area contributed by atoms with E-state index in [4.69, 9.17) is 14.2 Å². The molecular weight excluding hydrogens is 520 g/mol. The zero-order chi connectivity index (χ0) is 28.4. The molecule has 0 aromatic heterocycles. The van der Waals surface area contributed by atoms with Crippen LogP contribution in [0.15, 0.2) is 103 Å². The number of hydrogen-bond acceptors (Lipinski definition) is 6. The Kier molecular flexibility index (Phi) is 9.13. The molecule has 1 heterocycles. The van der Waals surface area contributed by atoms with Gasteiger partial charge in [0.05, 0.1) is 0 Å². The molecule has 1 fully saturated rings. The summed E-state index contributed by atoms with van der Waals surface area (Å²) in [5, 5.41) is 12.8. The number of ether oxygens (including phenoxy) is 3. The fourth-order valence-corrected chi connectivity index (χ4v) is 4.59. The molecule has 0 aliphatic carbocycles. The number of aliphatic carboxylic acids is 1. The van der Waals surface area contributed by atoms with E-state index in [1.54, 1.807) is 12.1 Å². The van der Waals surface area contributed by atoms with Crippen LogP contribution in [0.2, 0.25) is 0 Å². The highest BCUT2D eigenvalue weighted by Gasteiger charge is 2.33. The highest BCUT2D eigenvalue weighted by Crippen LogP contribution is 2.41. The van der Waals surface area contributed by atoms with E-state index in [9.17, 15) is 14.7 Å². The molecule has 2 N–H and O–H groups in total. The SMILES string of the molecule is O=C(O)C1CNCCN1C(=O)c1cc(OCc2ccccc2)c(OCc2ccccc2)c(OCc2ccccc2)c1. The molecule has 210 valence electrons. The highest BCUT2D eigenvalue weighted by molar-refractivity contribution is 5.98. The van der Waals surface area contributed by atoms with E-state index in [-0.39, 0.29) is 38.5 Å². The molecule has 4 aromatic carbocycles. The minimum absolute atomic E-state index is 0.175. The third-order valence-electron chi connectivity index (χ3n) is 6.76. The number of nitrogens with zero attached hydrogens (tertiary/aromatic N) is 1. The van der Waals surface area contributed by atoms with E-state index in [1.165, 1.54) is 4.90 Å². The maximum absolute atomic E-state index is 13.7. The molecule has 1 saturated heterocycles. The van der Waals surface area contributed by atoms with Gasteiger partial charge in [-0.1, -0.05) is 91.0 Å². The number of carbonyl (C=O) groups is 2. The minimum Gasteiger partial charge on any atom is -0.485 e. The number of benzene rings is 4. The van der Waals surface area contributed by atoms with Crippen molar-refractivity contribution in [1.82, 2.24) is 10.2 Å². The van der Waals surface area contributed by atoms with Gasteiger partial charge in [0.15, 0.2) is 11.5 Å². The molecule has 1 aliphatic heterocycles. The summed E-state index contributed by atoms with van der Waals surface area (Å²) < 4.78 is 18.8. The van der Waals surface area contributed by atoms with Gasteiger partial charge >= 0.3 is 5.97 Å². The first-order valence-electron chi connectivity index (χ1n) is 13.5. The van der Waals surface area contributed by atoms with E-state index in [2.05, 4.69) is 5.32 Å². The molecule has 8 nitrogen and oxygen atoms in total. The average Bonchev–Trinajstić information content (AvgIpc) is 3.03. The Morgan fingerprint density at radius 1 is 0.732 bits per heavy atom. The number of amides is 1. The van der Waals surface area contributed by atoms with Gasteiger partial charge in [0.25, 0.3) is 5.91 Å². The monoisotopic (exact) mass is 552 g/mol. The summed E-state index contributed by atoms with van der Waals surface area (Å²) in [6.07, 6.45) is 0. The first-order valence-corrected chi connectivity index (χ1v) is 13.5. The van der Waals surface area contributed by atoms with Crippen molar-refractivity contribution in [3.63, 3.8) is 0 Å². The molecule has 5 rings (SSSR count). The Balaban J connectivity index is 1.52. The molecule has 0 radical (unpaired) electrons. The summed E-state index contributed by atoms with van der Waals surface area (Å²) in [6, 6.07) is 31.3. The maximum Gasteiger partial charge on any atom is 0.327 e. The van der Waals surface area contributed by atoms with Crippen molar-refractivity contribution >= 4 is 11.9 Å². The van der Waals surface area contributed by atoms with Crippen LogP contribution in [-0.4, -0.2) is 47.6 Å². The predicted molar refractivity (Wildman–Crippen MR) is 154 cm³/mol. The van der Waals surface area contributed by atoms with Crippen molar-refractivity contribution < 1.29 is 28.9 Å². The second-order valence-corrected chi connectivity index (χ2v) is 9.68. The van der Waals surface area contributed by atoms with E-state index in [1.807, 2.05) is 91.0 Å². The van der Waals surface area contributed by atoms with Gasteiger partial charge in [-0.3, -0.25) is 4.79 Å². The number of piperazine rings is 1. The molecule has 1 aliphatic rings. The van der Waals surface area contributed by atoms with Crippen LogP contribution in [0.3, 0.4) is 0 Å². The van der Waals surface area contributed by atoms with Gasteiger partial charge in [-0.25, -0.2) is 4.79 Å². The van der Waals surface area contributed by atoms with Crippen LogP contribution in [0.1, 0.15) is 27.0 Å². The Morgan fingerprint density at radius 2 is 1.20 bits per heavy atom. The summed E-state index contributed by atoms with van der Waals surface area (Å²) in [4.78, 5) is 27.0. The zero-order valence-corrected chi connectivity index (χ0v) is 22.6. The standard InChI is InChI=1S/C33H32N2O6/c36-32(35-17-16-34-20-28(35)33(37)38)27-18-29(39-21-24-10-4-1-5-11-24)31(41-23-26-14-8-3-9-15-26)30(19-27)40-22-25-12-6-2-7-13-25/h1-15,18-19,28,34H,16-17,20-23H2,(H,37,38).